The molecule has 20 heavy (non-hydrogen) atoms. The number of phenolic OH excluding ortho intramolecular Hbond substituents is 1. The second-order valence-electron chi connectivity index (χ2n) is 4.11. The van der Waals surface area contributed by atoms with E-state index in [2.05, 4.69) is 5.32 Å². The van der Waals surface area contributed by atoms with Gasteiger partial charge in [0.1, 0.15) is 11.8 Å². The van der Waals surface area contributed by atoms with Crippen molar-refractivity contribution in [3.63, 3.8) is 0 Å². The largest absolute Gasteiger partial charge is 0.507 e. The standard InChI is InChI=1S/C15H11ClN2O2/c16-11-6-7-12(14(19)8-11)15(20)18-13(9-17)10-4-2-1-3-5-10/h1-8,13,19H,(H,18,20). The van der Waals surface area contributed by atoms with E-state index >= 15 is 0 Å². The molecule has 0 heterocycles. The van der Waals surface area contributed by atoms with Gasteiger partial charge in [-0.2, -0.15) is 5.26 Å². The van der Waals surface area contributed by atoms with Crippen LogP contribution in [0.25, 0.3) is 0 Å². The van der Waals surface area contributed by atoms with Gasteiger partial charge in [-0.25, -0.2) is 0 Å². The molecule has 1 atom stereocenters. The van der Waals surface area contributed by atoms with Gasteiger partial charge in [-0.15, -0.1) is 0 Å². The fraction of sp³-hybridized carbons (Fsp3) is 0.0667. The summed E-state index contributed by atoms with van der Waals surface area (Å²) >= 11 is 5.71. The van der Waals surface area contributed by atoms with E-state index in [4.69, 9.17) is 16.9 Å². The molecule has 0 saturated carbocycles. The Kier molecular flexibility index (Phi) is 4.24. The predicted octanol–water partition coefficient (Wildman–Crippen LogP) is 3.04. The minimum atomic E-state index is -0.779. The molecule has 2 rings (SSSR count). The van der Waals surface area contributed by atoms with E-state index < -0.39 is 11.9 Å². The fourth-order valence-corrected chi connectivity index (χ4v) is 1.91. The van der Waals surface area contributed by atoms with Crippen molar-refractivity contribution in [2.24, 2.45) is 0 Å². The summed E-state index contributed by atoms with van der Waals surface area (Å²) in [6.45, 7) is 0. The summed E-state index contributed by atoms with van der Waals surface area (Å²) in [5.74, 6) is -0.755. The van der Waals surface area contributed by atoms with E-state index in [1.807, 2.05) is 12.1 Å². The van der Waals surface area contributed by atoms with Crippen molar-refractivity contribution in [1.29, 1.82) is 5.26 Å². The van der Waals surface area contributed by atoms with Crippen LogP contribution in [0.1, 0.15) is 22.0 Å². The molecule has 1 amide bonds. The quantitative estimate of drug-likeness (QED) is 0.911. The summed E-state index contributed by atoms with van der Waals surface area (Å²) < 4.78 is 0. The Morgan fingerprint density at radius 2 is 1.95 bits per heavy atom. The number of phenols is 1. The number of carbonyl (C=O) groups is 1. The Hall–Kier alpha value is -2.51. The molecule has 0 fully saturated rings. The third kappa shape index (κ3) is 3.08. The molecular weight excluding hydrogens is 276 g/mol. The molecule has 2 aromatic carbocycles. The molecule has 2 aromatic rings. The summed E-state index contributed by atoms with van der Waals surface area (Å²) in [6, 6.07) is 14.3. The van der Waals surface area contributed by atoms with Gasteiger partial charge in [-0.3, -0.25) is 4.79 Å². The van der Waals surface area contributed by atoms with Crippen LogP contribution >= 0.6 is 11.6 Å². The first-order valence-electron chi connectivity index (χ1n) is 5.86. The molecular formula is C15H11ClN2O2. The van der Waals surface area contributed by atoms with Gasteiger partial charge in [0.05, 0.1) is 11.6 Å². The maximum Gasteiger partial charge on any atom is 0.256 e. The van der Waals surface area contributed by atoms with Crippen molar-refractivity contribution in [2.75, 3.05) is 0 Å². The number of hydrogen-bond acceptors (Lipinski definition) is 3. The number of halogens is 1. The minimum absolute atomic E-state index is 0.0746. The zero-order valence-electron chi connectivity index (χ0n) is 10.4. The number of rotatable bonds is 3. The highest BCUT2D eigenvalue weighted by Gasteiger charge is 2.17. The molecule has 5 heteroatoms. The molecule has 0 aliphatic heterocycles. The van der Waals surface area contributed by atoms with Gasteiger partial charge in [-0.1, -0.05) is 41.9 Å². The summed E-state index contributed by atoms with van der Waals surface area (Å²) in [5, 5.41) is 21.7. The van der Waals surface area contributed by atoms with Gasteiger partial charge in [0, 0.05) is 5.02 Å². The van der Waals surface area contributed by atoms with Crippen LogP contribution in [0.3, 0.4) is 0 Å². The van der Waals surface area contributed by atoms with Gasteiger partial charge in [0.25, 0.3) is 5.91 Å². The molecule has 0 spiro atoms. The average Bonchev–Trinajstić information content (AvgIpc) is 2.45. The van der Waals surface area contributed by atoms with Crippen molar-refractivity contribution in [3.05, 3.63) is 64.7 Å². The lowest BCUT2D eigenvalue weighted by atomic mass is 10.1. The van der Waals surface area contributed by atoms with E-state index in [0.717, 1.165) is 0 Å². The molecule has 0 aromatic heterocycles. The number of nitriles is 1. The van der Waals surface area contributed by atoms with Crippen LogP contribution < -0.4 is 5.32 Å². The van der Waals surface area contributed by atoms with E-state index in [-0.39, 0.29) is 11.3 Å². The highest BCUT2D eigenvalue weighted by Crippen LogP contribution is 2.22. The molecule has 1 unspecified atom stereocenters. The third-order valence-electron chi connectivity index (χ3n) is 2.74. The molecule has 0 radical (unpaired) electrons. The number of carbonyl (C=O) groups excluding carboxylic acids is 1. The van der Waals surface area contributed by atoms with Gasteiger partial charge < -0.3 is 10.4 Å². The second-order valence-corrected chi connectivity index (χ2v) is 4.54. The zero-order chi connectivity index (χ0) is 14.5. The lowest BCUT2D eigenvalue weighted by Crippen LogP contribution is -2.27. The molecule has 0 aliphatic rings. The Bertz CT molecular complexity index is 665. The van der Waals surface area contributed by atoms with E-state index in [0.29, 0.717) is 10.6 Å². The summed E-state index contributed by atoms with van der Waals surface area (Å²) in [6.07, 6.45) is 0. The second kappa shape index (κ2) is 6.09. The smallest absolute Gasteiger partial charge is 0.256 e. The lowest BCUT2D eigenvalue weighted by Gasteiger charge is -2.12. The Labute approximate surface area is 121 Å². The van der Waals surface area contributed by atoms with E-state index in [1.54, 1.807) is 24.3 Å². The van der Waals surface area contributed by atoms with E-state index in [1.165, 1.54) is 18.2 Å². The van der Waals surface area contributed by atoms with Crippen LogP contribution in [0.5, 0.6) is 5.75 Å². The fourth-order valence-electron chi connectivity index (χ4n) is 1.74. The molecule has 100 valence electrons. The van der Waals surface area contributed by atoms with Crippen LogP contribution in [0.4, 0.5) is 0 Å². The number of nitrogens with zero attached hydrogens (tertiary/aromatic N) is 1. The van der Waals surface area contributed by atoms with Crippen molar-refractivity contribution in [2.45, 2.75) is 6.04 Å². The Morgan fingerprint density at radius 3 is 2.55 bits per heavy atom. The predicted molar refractivity (Wildman–Crippen MR) is 75.4 cm³/mol. The summed E-state index contributed by atoms with van der Waals surface area (Å²) in [5.41, 5.74) is 0.752. The number of benzene rings is 2. The van der Waals surface area contributed by atoms with Crippen LogP contribution in [-0.4, -0.2) is 11.0 Å². The topological polar surface area (TPSA) is 73.1 Å². The molecule has 2 N–H and O–H groups in total. The first-order valence-corrected chi connectivity index (χ1v) is 6.23. The minimum Gasteiger partial charge on any atom is -0.507 e. The monoisotopic (exact) mass is 286 g/mol. The number of hydrogen-bond donors (Lipinski definition) is 2. The summed E-state index contributed by atoms with van der Waals surface area (Å²) in [7, 11) is 0. The van der Waals surface area contributed by atoms with Crippen molar-refractivity contribution < 1.29 is 9.90 Å². The van der Waals surface area contributed by atoms with Crippen molar-refractivity contribution in [3.8, 4) is 11.8 Å². The highest BCUT2D eigenvalue weighted by atomic mass is 35.5. The molecule has 4 nitrogen and oxygen atoms in total. The first kappa shape index (κ1) is 13.9. The normalized spacial score (nSPS) is 11.4. The van der Waals surface area contributed by atoms with Crippen LogP contribution in [0.15, 0.2) is 48.5 Å². The zero-order valence-corrected chi connectivity index (χ0v) is 11.1. The van der Waals surface area contributed by atoms with Gasteiger partial charge in [0.15, 0.2) is 0 Å². The Morgan fingerprint density at radius 1 is 1.25 bits per heavy atom. The number of amides is 1. The number of nitrogens with one attached hydrogen (secondary N) is 1. The third-order valence-corrected chi connectivity index (χ3v) is 2.98. The Balaban J connectivity index is 2.20. The van der Waals surface area contributed by atoms with Crippen LogP contribution in [-0.2, 0) is 0 Å². The van der Waals surface area contributed by atoms with Gasteiger partial charge in [-0.05, 0) is 23.8 Å². The summed E-state index contributed by atoms with van der Waals surface area (Å²) in [4.78, 5) is 12.1. The van der Waals surface area contributed by atoms with Gasteiger partial charge in [0.2, 0.25) is 0 Å². The van der Waals surface area contributed by atoms with Gasteiger partial charge >= 0.3 is 0 Å². The van der Waals surface area contributed by atoms with E-state index in [9.17, 15) is 9.90 Å². The maximum absolute atomic E-state index is 12.1. The number of aromatic hydroxyl groups is 1. The van der Waals surface area contributed by atoms with Crippen molar-refractivity contribution in [1.82, 2.24) is 5.32 Å². The molecule has 0 aliphatic carbocycles. The lowest BCUT2D eigenvalue weighted by molar-refractivity contribution is 0.0942. The average molecular weight is 287 g/mol. The molecule has 0 bridgehead atoms. The SMILES string of the molecule is N#CC(NC(=O)c1ccc(Cl)cc1O)c1ccccc1. The highest BCUT2D eigenvalue weighted by molar-refractivity contribution is 6.30. The maximum atomic E-state index is 12.1. The van der Waals surface area contributed by atoms with Crippen LogP contribution in [0, 0.1) is 11.3 Å². The van der Waals surface area contributed by atoms with Crippen molar-refractivity contribution >= 4 is 17.5 Å². The molecule has 0 saturated heterocycles. The van der Waals surface area contributed by atoms with Crippen LogP contribution in [0.2, 0.25) is 5.02 Å². The first-order chi connectivity index (χ1) is 9.61.